The Morgan fingerprint density at radius 2 is 1.08 bits per heavy atom. The number of fused-ring (bicyclic) bond motifs is 2. The van der Waals surface area contributed by atoms with Gasteiger partial charge in [0.25, 0.3) is 11.8 Å². The summed E-state index contributed by atoms with van der Waals surface area (Å²) in [7, 11) is 0. The molecular weight excluding hydrogens is 796 g/mol. The first-order chi connectivity index (χ1) is 30.0. The Hall–Kier alpha value is -7.27. The lowest BCUT2D eigenvalue weighted by Gasteiger charge is -2.30. The van der Waals surface area contributed by atoms with Crippen LogP contribution < -0.4 is 20.4 Å². The van der Waals surface area contributed by atoms with Crippen molar-refractivity contribution >= 4 is 57.5 Å². The topological polar surface area (TPSA) is 169 Å². The van der Waals surface area contributed by atoms with Crippen LogP contribution in [0.3, 0.4) is 0 Å². The molecule has 2 fully saturated rings. The maximum absolute atomic E-state index is 13.2. The number of imidazole rings is 2. The quantitative estimate of drug-likeness (QED) is 0.173. The van der Waals surface area contributed by atoms with Crippen molar-refractivity contribution in [1.82, 2.24) is 39.2 Å². The summed E-state index contributed by atoms with van der Waals surface area (Å²) in [6, 6.07) is 26.5. The number of halogens is 1. The first kappa shape index (κ1) is 39.2. The summed E-state index contributed by atoms with van der Waals surface area (Å²) in [5.74, 6) is -0.586. The highest BCUT2D eigenvalue weighted by molar-refractivity contribution is 6.30. The number of nitrogens with zero attached hydrogens (tertiary/aromatic N) is 10. The second-order valence-corrected chi connectivity index (χ2v) is 14.4. The summed E-state index contributed by atoms with van der Waals surface area (Å²) < 4.78 is 14.0. The minimum absolute atomic E-state index is 0.203. The molecule has 61 heavy (non-hydrogen) atoms. The Kier molecular flexibility index (Phi) is 11.5. The van der Waals surface area contributed by atoms with Gasteiger partial charge in [0.1, 0.15) is 0 Å². The summed E-state index contributed by atoms with van der Waals surface area (Å²) in [6.07, 6.45) is 11.9. The van der Waals surface area contributed by atoms with E-state index < -0.39 is 0 Å². The van der Waals surface area contributed by atoms with Crippen LogP contribution >= 0.6 is 11.6 Å². The van der Waals surface area contributed by atoms with Crippen LogP contribution in [0.4, 0.5) is 22.7 Å². The van der Waals surface area contributed by atoms with Crippen LogP contribution in [-0.2, 0) is 9.47 Å². The zero-order valence-corrected chi connectivity index (χ0v) is 33.5. The average Bonchev–Trinajstić information content (AvgIpc) is 3.96. The number of morpholine rings is 2. The van der Waals surface area contributed by atoms with E-state index in [9.17, 15) is 9.59 Å². The largest absolute Gasteiger partial charge is 0.378 e. The molecule has 0 aliphatic carbocycles. The Labute approximate surface area is 354 Å². The molecule has 2 aromatic carbocycles. The van der Waals surface area contributed by atoms with Crippen LogP contribution in [0, 0.1) is 0 Å². The van der Waals surface area contributed by atoms with Gasteiger partial charge in [0.15, 0.2) is 16.4 Å². The molecule has 0 saturated carbocycles. The lowest BCUT2D eigenvalue weighted by Crippen LogP contribution is -2.36. The van der Waals surface area contributed by atoms with E-state index in [1.165, 1.54) is 10.6 Å². The van der Waals surface area contributed by atoms with Crippen LogP contribution in [0.15, 0.2) is 128 Å². The number of anilines is 4. The van der Waals surface area contributed by atoms with Crippen molar-refractivity contribution in [2.24, 2.45) is 0 Å². The number of hydrogen-bond acceptors (Lipinski definition) is 12. The van der Waals surface area contributed by atoms with Crippen molar-refractivity contribution in [3.05, 3.63) is 145 Å². The maximum atomic E-state index is 13.2. The molecule has 2 saturated heterocycles. The van der Waals surface area contributed by atoms with Crippen molar-refractivity contribution in [3.63, 3.8) is 0 Å². The van der Waals surface area contributed by atoms with Crippen LogP contribution in [0.2, 0.25) is 5.15 Å². The molecule has 2 amide bonds. The van der Waals surface area contributed by atoms with Crippen molar-refractivity contribution in [3.8, 4) is 22.5 Å². The molecule has 0 spiro atoms. The average molecular weight is 835 g/mol. The van der Waals surface area contributed by atoms with Gasteiger partial charge >= 0.3 is 0 Å². The molecular formula is C44H39ClN12O4. The Morgan fingerprint density at radius 3 is 1.62 bits per heavy atom. The zero-order chi connectivity index (χ0) is 41.5. The lowest BCUT2D eigenvalue weighted by molar-refractivity contribution is 0.101. The van der Waals surface area contributed by atoms with Gasteiger partial charge in [-0.2, -0.15) is 10.2 Å². The highest BCUT2D eigenvalue weighted by atomic mass is 35.5. The van der Waals surface area contributed by atoms with Gasteiger partial charge in [-0.3, -0.25) is 19.6 Å². The van der Waals surface area contributed by atoms with Crippen LogP contribution in [-0.4, -0.2) is 104 Å². The summed E-state index contributed by atoms with van der Waals surface area (Å²) in [4.78, 5) is 48.4. The molecule has 0 atom stereocenters. The van der Waals surface area contributed by atoms with Gasteiger partial charge in [-0.25, -0.2) is 19.0 Å². The predicted molar refractivity (Wildman–Crippen MR) is 232 cm³/mol. The number of carbonyl (C=O) groups is 2. The van der Waals surface area contributed by atoms with E-state index in [0.29, 0.717) is 65.9 Å². The number of ether oxygens (including phenoxy) is 2. The highest BCUT2D eigenvalue weighted by Crippen LogP contribution is 2.29. The summed E-state index contributed by atoms with van der Waals surface area (Å²) in [6.45, 7) is 5.66. The third-order valence-corrected chi connectivity index (χ3v) is 10.4. The van der Waals surface area contributed by atoms with Gasteiger partial charge in [0, 0.05) is 55.9 Å². The number of benzene rings is 2. The number of nitrogens with one attached hydrogen (secondary N) is 2. The van der Waals surface area contributed by atoms with Crippen LogP contribution in [0.5, 0.6) is 0 Å². The molecule has 10 rings (SSSR count). The smallest absolute Gasteiger partial charge is 0.259 e. The van der Waals surface area contributed by atoms with Crippen molar-refractivity contribution in [2.75, 3.05) is 73.0 Å². The zero-order valence-electron chi connectivity index (χ0n) is 32.8. The van der Waals surface area contributed by atoms with E-state index in [-0.39, 0.29) is 17.0 Å². The first-order valence-electron chi connectivity index (χ1n) is 19.7. The second kappa shape index (κ2) is 17.9. The molecule has 2 aliphatic rings. The van der Waals surface area contributed by atoms with Gasteiger partial charge in [0.05, 0.1) is 96.5 Å². The van der Waals surface area contributed by atoms with Gasteiger partial charge in [-0.1, -0.05) is 72.3 Å². The molecule has 16 nitrogen and oxygen atoms in total. The molecule has 8 heterocycles. The molecule has 2 aliphatic heterocycles. The van der Waals surface area contributed by atoms with E-state index in [1.807, 2.05) is 79.0 Å². The third-order valence-electron chi connectivity index (χ3n) is 10.2. The Bertz CT molecular complexity index is 2810. The molecule has 306 valence electrons. The molecule has 2 N–H and O–H groups in total. The monoisotopic (exact) mass is 834 g/mol. The molecule has 6 aromatic heterocycles. The van der Waals surface area contributed by atoms with E-state index in [1.54, 1.807) is 47.8 Å². The maximum Gasteiger partial charge on any atom is 0.259 e. The van der Waals surface area contributed by atoms with E-state index in [0.717, 1.165) is 54.4 Å². The second-order valence-electron chi connectivity index (χ2n) is 14.0. The first-order valence-corrected chi connectivity index (χ1v) is 20.0. The fourth-order valence-corrected chi connectivity index (χ4v) is 7.38. The minimum Gasteiger partial charge on any atom is -0.378 e. The van der Waals surface area contributed by atoms with Gasteiger partial charge in [0.2, 0.25) is 0 Å². The van der Waals surface area contributed by atoms with Crippen molar-refractivity contribution in [2.45, 2.75) is 0 Å². The number of rotatable bonds is 8. The van der Waals surface area contributed by atoms with Gasteiger partial charge in [-0.05, 0) is 24.3 Å². The molecule has 0 radical (unpaired) electrons. The normalized spacial score (nSPS) is 14.0. The minimum atomic E-state index is -0.331. The third kappa shape index (κ3) is 8.72. The summed E-state index contributed by atoms with van der Waals surface area (Å²) in [5, 5.41) is 14.7. The fourth-order valence-electron chi connectivity index (χ4n) is 7.19. The van der Waals surface area contributed by atoms with E-state index >= 15 is 0 Å². The van der Waals surface area contributed by atoms with Crippen molar-refractivity contribution < 1.29 is 19.1 Å². The van der Waals surface area contributed by atoms with Gasteiger partial charge in [-0.15, -0.1) is 0 Å². The SMILES string of the molecule is O=C(Nc1cnccc1N1CCOCC1)c1cc(Cl)nn2cc(-c3ccccc3)nc12.O=C(Nc1cnccc1N1CCOCC1)c1ccnn2cc(-c3ccccc3)nc12. The summed E-state index contributed by atoms with van der Waals surface area (Å²) in [5.41, 5.74) is 8.19. The molecule has 0 unspecified atom stereocenters. The fraction of sp³-hybridized carbons (Fsp3) is 0.182. The van der Waals surface area contributed by atoms with Gasteiger partial charge < -0.3 is 29.9 Å². The number of hydrogen-bond donors (Lipinski definition) is 2. The predicted octanol–water partition coefficient (Wildman–Crippen LogP) is 6.41. The highest BCUT2D eigenvalue weighted by Gasteiger charge is 2.22. The number of pyridine rings is 2. The Balaban J connectivity index is 0.000000156. The number of aromatic nitrogens is 8. The lowest BCUT2D eigenvalue weighted by atomic mass is 10.2. The van der Waals surface area contributed by atoms with Crippen molar-refractivity contribution in [1.29, 1.82) is 0 Å². The molecule has 0 bridgehead atoms. The number of amides is 2. The van der Waals surface area contributed by atoms with Crippen LogP contribution in [0.25, 0.3) is 33.8 Å². The standard InChI is InChI=1S/C22H19ClN6O2.C22H20N6O2/c23-20-12-16(21-25-18(14-29(21)27-20)15-4-2-1-3-5-15)22(30)26-17-13-24-7-6-19(17)28-8-10-31-11-9-28;29-22(26-18-14-23-8-7-20(18)27-10-12-30-13-11-27)17-6-9-24-28-15-19(25-21(17)28)16-4-2-1-3-5-16/h1-7,12-14H,8-11H2,(H,26,30);1-9,14-15H,10-13H2,(H,26,29). The summed E-state index contributed by atoms with van der Waals surface area (Å²) >= 11 is 6.20. The molecule has 17 heteroatoms. The number of carbonyl (C=O) groups excluding carboxylic acids is 2. The molecule has 8 aromatic rings. The van der Waals surface area contributed by atoms with E-state index in [2.05, 4.69) is 50.6 Å². The van der Waals surface area contributed by atoms with E-state index in [4.69, 9.17) is 21.1 Å². The van der Waals surface area contributed by atoms with Crippen LogP contribution in [0.1, 0.15) is 20.7 Å². The Morgan fingerprint density at radius 1 is 0.590 bits per heavy atom.